The molecule has 3 rings (SSSR count). The highest BCUT2D eigenvalue weighted by Crippen LogP contribution is 2.23. The van der Waals surface area contributed by atoms with Gasteiger partial charge in [-0.2, -0.15) is 0 Å². The molecule has 8 heteroatoms. The number of hydrogen-bond donors (Lipinski definition) is 3. The Labute approximate surface area is 188 Å². The number of rotatable bonds is 8. The molecule has 0 radical (unpaired) electrons. The predicted molar refractivity (Wildman–Crippen MR) is 121 cm³/mol. The largest absolute Gasteiger partial charge is 0.357 e. The zero-order valence-electron chi connectivity index (χ0n) is 18.6. The second kappa shape index (κ2) is 10.9. The van der Waals surface area contributed by atoms with Crippen LogP contribution in [0.3, 0.4) is 0 Å². The molecule has 3 amide bonds. The number of likely N-dealkylation sites (N-methyl/N-ethyl adjacent to an activating group) is 1. The lowest BCUT2D eigenvalue weighted by molar-refractivity contribution is -0.139. The number of hydrogen-bond acceptors (Lipinski definition) is 5. The van der Waals surface area contributed by atoms with Gasteiger partial charge in [-0.3, -0.25) is 19.4 Å². The van der Waals surface area contributed by atoms with Crippen LogP contribution in [0.2, 0.25) is 0 Å². The van der Waals surface area contributed by atoms with E-state index >= 15 is 0 Å². The van der Waals surface area contributed by atoms with Crippen molar-refractivity contribution in [3.8, 4) is 0 Å². The first kappa shape index (κ1) is 23.4. The molecule has 2 heterocycles. The van der Waals surface area contributed by atoms with Crippen molar-refractivity contribution in [2.45, 2.75) is 50.7 Å². The van der Waals surface area contributed by atoms with Crippen molar-refractivity contribution >= 4 is 17.7 Å². The third-order valence-corrected chi connectivity index (χ3v) is 5.93. The van der Waals surface area contributed by atoms with E-state index in [0.717, 1.165) is 23.1 Å². The standard InChI is InChI=1S/C24H31N5O3/c1-16-6-3-4-7-18(16)19(25)15-22(30)29-13-5-8-21(29)24(32)28-20(23(31)26-2)14-17-9-11-27-12-10-17/h3-4,6-7,9-12,19-21H,5,8,13-15,25H2,1-2H3,(H,26,31)(H,28,32)/t19-,20-,21-/m0/s1. The molecular weight excluding hydrogens is 406 g/mol. The fourth-order valence-corrected chi connectivity index (χ4v) is 4.16. The molecular formula is C24H31N5O3. The Kier molecular flexibility index (Phi) is 7.94. The fraction of sp³-hybridized carbons (Fsp3) is 0.417. The van der Waals surface area contributed by atoms with Crippen LogP contribution in [0, 0.1) is 6.92 Å². The Morgan fingerprint density at radius 3 is 2.59 bits per heavy atom. The second-order valence-corrected chi connectivity index (χ2v) is 8.15. The summed E-state index contributed by atoms with van der Waals surface area (Å²) in [6.45, 7) is 2.47. The number of nitrogens with two attached hydrogens (primary N) is 1. The van der Waals surface area contributed by atoms with Gasteiger partial charge in [0, 0.05) is 44.9 Å². The van der Waals surface area contributed by atoms with Gasteiger partial charge in [0.05, 0.1) is 0 Å². The maximum Gasteiger partial charge on any atom is 0.243 e. The molecule has 1 saturated heterocycles. The van der Waals surface area contributed by atoms with Crippen molar-refractivity contribution in [3.05, 3.63) is 65.5 Å². The summed E-state index contributed by atoms with van der Waals surface area (Å²) in [6, 6.07) is 9.57. The van der Waals surface area contributed by atoms with E-state index in [1.165, 1.54) is 7.05 Å². The molecule has 1 aromatic heterocycles. The number of nitrogens with one attached hydrogen (secondary N) is 2. The molecule has 0 aliphatic carbocycles. The molecule has 3 atom stereocenters. The normalized spacial score (nSPS) is 17.5. The zero-order chi connectivity index (χ0) is 23.1. The van der Waals surface area contributed by atoms with Crippen LogP contribution >= 0.6 is 0 Å². The quantitative estimate of drug-likeness (QED) is 0.574. The van der Waals surface area contributed by atoms with Crippen molar-refractivity contribution < 1.29 is 14.4 Å². The van der Waals surface area contributed by atoms with Crippen LogP contribution < -0.4 is 16.4 Å². The Bertz CT molecular complexity index is 950. The minimum atomic E-state index is -0.735. The van der Waals surface area contributed by atoms with Gasteiger partial charge in [0.1, 0.15) is 12.1 Å². The van der Waals surface area contributed by atoms with Gasteiger partial charge in [0.25, 0.3) is 0 Å². The van der Waals surface area contributed by atoms with Crippen LogP contribution in [0.4, 0.5) is 0 Å². The van der Waals surface area contributed by atoms with Gasteiger partial charge in [-0.05, 0) is 48.6 Å². The van der Waals surface area contributed by atoms with E-state index in [1.54, 1.807) is 29.4 Å². The van der Waals surface area contributed by atoms with Crippen LogP contribution in [-0.2, 0) is 20.8 Å². The van der Waals surface area contributed by atoms with Crippen molar-refractivity contribution in [1.82, 2.24) is 20.5 Å². The van der Waals surface area contributed by atoms with E-state index in [2.05, 4.69) is 15.6 Å². The number of amides is 3. The monoisotopic (exact) mass is 437 g/mol. The number of benzene rings is 1. The van der Waals surface area contributed by atoms with Crippen LogP contribution in [0.1, 0.15) is 42.0 Å². The number of carbonyl (C=O) groups is 3. The van der Waals surface area contributed by atoms with Gasteiger partial charge in [0.15, 0.2) is 0 Å². The van der Waals surface area contributed by atoms with Crippen molar-refractivity contribution in [1.29, 1.82) is 0 Å². The van der Waals surface area contributed by atoms with Crippen molar-refractivity contribution in [3.63, 3.8) is 0 Å². The highest BCUT2D eigenvalue weighted by atomic mass is 16.2. The molecule has 0 bridgehead atoms. The van der Waals surface area contributed by atoms with Gasteiger partial charge < -0.3 is 21.3 Å². The van der Waals surface area contributed by atoms with E-state index < -0.39 is 18.1 Å². The lowest BCUT2D eigenvalue weighted by atomic mass is 9.99. The van der Waals surface area contributed by atoms with Crippen LogP contribution in [0.15, 0.2) is 48.8 Å². The molecule has 1 fully saturated rings. The first-order chi connectivity index (χ1) is 15.4. The van der Waals surface area contributed by atoms with Crippen LogP contribution in [0.25, 0.3) is 0 Å². The third-order valence-electron chi connectivity index (χ3n) is 5.93. The average Bonchev–Trinajstić information content (AvgIpc) is 3.29. The summed E-state index contributed by atoms with van der Waals surface area (Å²) in [5.74, 6) is -0.750. The molecule has 8 nitrogen and oxygen atoms in total. The van der Waals surface area contributed by atoms with E-state index in [-0.39, 0.29) is 24.1 Å². The van der Waals surface area contributed by atoms with Gasteiger partial charge in [-0.25, -0.2) is 0 Å². The van der Waals surface area contributed by atoms with Gasteiger partial charge >= 0.3 is 0 Å². The van der Waals surface area contributed by atoms with E-state index in [4.69, 9.17) is 5.73 Å². The van der Waals surface area contributed by atoms with Gasteiger partial charge in [-0.15, -0.1) is 0 Å². The molecule has 32 heavy (non-hydrogen) atoms. The lowest BCUT2D eigenvalue weighted by Gasteiger charge is -2.27. The Morgan fingerprint density at radius 1 is 1.19 bits per heavy atom. The molecule has 1 aromatic carbocycles. The fourth-order valence-electron chi connectivity index (χ4n) is 4.16. The summed E-state index contributed by atoms with van der Waals surface area (Å²) in [7, 11) is 1.53. The number of nitrogens with zero attached hydrogens (tertiary/aromatic N) is 2. The van der Waals surface area contributed by atoms with Crippen LogP contribution in [-0.4, -0.2) is 53.3 Å². The summed E-state index contributed by atoms with van der Waals surface area (Å²) >= 11 is 0. The Morgan fingerprint density at radius 2 is 1.91 bits per heavy atom. The molecule has 2 aromatic rings. The first-order valence-electron chi connectivity index (χ1n) is 10.9. The first-order valence-corrected chi connectivity index (χ1v) is 10.9. The summed E-state index contributed by atoms with van der Waals surface area (Å²) in [6.07, 6.45) is 5.06. The third kappa shape index (κ3) is 5.70. The number of pyridine rings is 1. The van der Waals surface area contributed by atoms with Crippen molar-refractivity contribution in [2.24, 2.45) is 5.73 Å². The van der Waals surface area contributed by atoms with E-state index in [0.29, 0.717) is 19.4 Å². The number of aromatic nitrogens is 1. The average molecular weight is 438 g/mol. The summed E-state index contributed by atoms with van der Waals surface area (Å²) in [5.41, 5.74) is 9.15. The zero-order valence-corrected chi connectivity index (χ0v) is 18.6. The van der Waals surface area contributed by atoms with Gasteiger partial charge in [0.2, 0.25) is 17.7 Å². The minimum absolute atomic E-state index is 0.129. The molecule has 1 aliphatic rings. The summed E-state index contributed by atoms with van der Waals surface area (Å²) < 4.78 is 0. The number of likely N-dealkylation sites (tertiary alicyclic amines) is 1. The molecule has 0 saturated carbocycles. The second-order valence-electron chi connectivity index (χ2n) is 8.15. The maximum absolute atomic E-state index is 13.1. The highest BCUT2D eigenvalue weighted by Gasteiger charge is 2.36. The summed E-state index contributed by atoms with van der Waals surface area (Å²) in [4.78, 5) is 44.0. The molecule has 170 valence electrons. The number of aryl methyl sites for hydroxylation is 1. The van der Waals surface area contributed by atoms with Crippen LogP contribution in [0.5, 0.6) is 0 Å². The highest BCUT2D eigenvalue weighted by molar-refractivity contribution is 5.92. The topological polar surface area (TPSA) is 117 Å². The lowest BCUT2D eigenvalue weighted by Crippen LogP contribution is -2.53. The number of carbonyl (C=O) groups excluding carboxylic acids is 3. The molecule has 0 unspecified atom stereocenters. The molecule has 0 spiro atoms. The smallest absolute Gasteiger partial charge is 0.243 e. The van der Waals surface area contributed by atoms with E-state index in [9.17, 15) is 14.4 Å². The SMILES string of the molecule is CNC(=O)[C@H](Cc1ccncc1)NC(=O)[C@@H]1CCCN1C(=O)C[C@H](N)c1ccccc1C. The van der Waals surface area contributed by atoms with Gasteiger partial charge in [-0.1, -0.05) is 24.3 Å². The predicted octanol–water partition coefficient (Wildman–Crippen LogP) is 1.24. The molecule has 1 aliphatic heterocycles. The Balaban J connectivity index is 1.66. The van der Waals surface area contributed by atoms with Crippen molar-refractivity contribution in [2.75, 3.05) is 13.6 Å². The maximum atomic E-state index is 13.1. The minimum Gasteiger partial charge on any atom is -0.357 e. The molecule has 4 N–H and O–H groups in total. The summed E-state index contributed by atoms with van der Waals surface area (Å²) in [5, 5.41) is 5.44. The Hall–Kier alpha value is -3.26. The van der Waals surface area contributed by atoms with E-state index in [1.807, 2.05) is 31.2 Å².